The number of fused-ring (bicyclic) bond motifs is 1. The van der Waals surface area contributed by atoms with Crippen molar-refractivity contribution in [3.63, 3.8) is 0 Å². The van der Waals surface area contributed by atoms with Gasteiger partial charge in [0.1, 0.15) is 6.04 Å². The fourth-order valence-electron chi connectivity index (χ4n) is 4.47. The molecule has 0 spiro atoms. The number of nitrogens with one attached hydrogen (secondary N) is 1. The number of alkyl halides is 6. The predicted octanol–water partition coefficient (Wildman–Crippen LogP) is 7.37. The number of benzene rings is 2. The van der Waals surface area contributed by atoms with E-state index >= 15 is 0 Å². The SMILES string of the molecule is CCC(C)n1cc([C@H](NS(=O)(=O)C2CCC2)C(F)(F)F)c2ccc(-c3ccccc3C(F)(F)F)cc21. The van der Waals surface area contributed by atoms with Crippen LogP contribution >= 0.6 is 0 Å². The molecule has 1 aromatic heterocycles. The van der Waals surface area contributed by atoms with Gasteiger partial charge in [-0.25, -0.2) is 8.42 Å². The van der Waals surface area contributed by atoms with Gasteiger partial charge in [0, 0.05) is 28.7 Å². The lowest BCUT2D eigenvalue weighted by Gasteiger charge is -2.29. The van der Waals surface area contributed by atoms with E-state index < -0.39 is 39.2 Å². The van der Waals surface area contributed by atoms with E-state index in [1.807, 2.05) is 11.6 Å². The highest BCUT2D eigenvalue weighted by Gasteiger charge is 2.46. The molecule has 36 heavy (non-hydrogen) atoms. The van der Waals surface area contributed by atoms with Gasteiger partial charge in [-0.2, -0.15) is 31.1 Å². The average Bonchev–Trinajstić information content (AvgIpc) is 3.12. The van der Waals surface area contributed by atoms with Crippen LogP contribution in [0.25, 0.3) is 22.0 Å². The van der Waals surface area contributed by atoms with E-state index in [1.165, 1.54) is 42.6 Å². The van der Waals surface area contributed by atoms with Crippen LogP contribution in [-0.4, -0.2) is 24.4 Å². The number of rotatable bonds is 7. The Labute approximate surface area is 205 Å². The number of sulfonamides is 1. The molecule has 1 N–H and O–H groups in total. The monoisotopic (exact) mass is 532 g/mol. The van der Waals surface area contributed by atoms with Crippen LogP contribution in [0.2, 0.25) is 0 Å². The summed E-state index contributed by atoms with van der Waals surface area (Å²) >= 11 is 0. The van der Waals surface area contributed by atoms with Crippen molar-refractivity contribution in [1.82, 2.24) is 9.29 Å². The van der Waals surface area contributed by atoms with E-state index in [-0.39, 0.29) is 28.1 Å². The molecule has 1 unspecified atom stereocenters. The Kier molecular flexibility index (Phi) is 6.93. The molecule has 0 bridgehead atoms. The molecule has 1 fully saturated rings. The molecular formula is C25H26F6N2O2S. The summed E-state index contributed by atoms with van der Waals surface area (Å²) in [5.41, 5.74) is -0.735. The highest BCUT2D eigenvalue weighted by atomic mass is 32.2. The van der Waals surface area contributed by atoms with Gasteiger partial charge in [-0.15, -0.1) is 0 Å². The first-order valence-electron chi connectivity index (χ1n) is 11.6. The topological polar surface area (TPSA) is 51.1 Å². The van der Waals surface area contributed by atoms with Crippen LogP contribution in [-0.2, 0) is 16.2 Å². The zero-order valence-electron chi connectivity index (χ0n) is 19.6. The summed E-state index contributed by atoms with van der Waals surface area (Å²) in [6.45, 7) is 3.61. The molecule has 0 saturated heterocycles. The minimum Gasteiger partial charge on any atom is -0.344 e. The van der Waals surface area contributed by atoms with Gasteiger partial charge in [-0.3, -0.25) is 0 Å². The molecule has 196 valence electrons. The molecule has 11 heteroatoms. The Morgan fingerprint density at radius 2 is 1.72 bits per heavy atom. The second-order valence-corrected chi connectivity index (χ2v) is 11.2. The van der Waals surface area contributed by atoms with Crippen LogP contribution in [0.1, 0.15) is 62.7 Å². The van der Waals surface area contributed by atoms with Gasteiger partial charge < -0.3 is 4.57 Å². The largest absolute Gasteiger partial charge is 0.417 e. The maximum atomic E-state index is 14.2. The predicted molar refractivity (Wildman–Crippen MR) is 126 cm³/mol. The van der Waals surface area contributed by atoms with Gasteiger partial charge in [-0.05, 0) is 49.4 Å². The molecule has 4 nitrogen and oxygen atoms in total. The minimum absolute atomic E-state index is 0.0941. The third-order valence-corrected chi connectivity index (χ3v) is 8.80. The van der Waals surface area contributed by atoms with Crippen molar-refractivity contribution in [3.05, 3.63) is 59.8 Å². The van der Waals surface area contributed by atoms with Gasteiger partial charge in [-0.1, -0.05) is 43.7 Å². The molecule has 1 heterocycles. The van der Waals surface area contributed by atoms with E-state index in [0.29, 0.717) is 31.2 Å². The first-order chi connectivity index (χ1) is 16.7. The van der Waals surface area contributed by atoms with E-state index in [4.69, 9.17) is 0 Å². The summed E-state index contributed by atoms with van der Waals surface area (Å²) in [4.78, 5) is 0. The normalized spacial score (nSPS) is 17.2. The summed E-state index contributed by atoms with van der Waals surface area (Å²) in [6.07, 6.45) is -6.49. The van der Waals surface area contributed by atoms with Gasteiger partial charge in [0.2, 0.25) is 10.0 Å². The molecule has 2 aromatic carbocycles. The van der Waals surface area contributed by atoms with Gasteiger partial charge in [0.25, 0.3) is 0 Å². The lowest BCUT2D eigenvalue weighted by molar-refractivity contribution is -0.152. The Morgan fingerprint density at radius 3 is 2.28 bits per heavy atom. The van der Waals surface area contributed by atoms with Crippen molar-refractivity contribution in [2.45, 2.75) is 69.2 Å². The highest BCUT2D eigenvalue weighted by molar-refractivity contribution is 7.90. The zero-order valence-corrected chi connectivity index (χ0v) is 20.4. The molecule has 3 aromatic rings. The molecule has 0 amide bonds. The second kappa shape index (κ2) is 9.41. The molecule has 0 aliphatic heterocycles. The van der Waals surface area contributed by atoms with Crippen LogP contribution in [0.4, 0.5) is 26.3 Å². The van der Waals surface area contributed by atoms with Gasteiger partial charge in [0.15, 0.2) is 0 Å². The van der Waals surface area contributed by atoms with Crippen LogP contribution in [0.3, 0.4) is 0 Å². The average molecular weight is 533 g/mol. The zero-order chi connectivity index (χ0) is 26.5. The Morgan fingerprint density at radius 1 is 1.06 bits per heavy atom. The maximum Gasteiger partial charge on any atom is 0.417 e. The van der Waals surface area contributed by atoms with E-state index in [1.54, 1.807) is 11.5 Å². The molecule has 0 radical (unpaired) electrons. The minimum atomic E-state index is -4.92. The van der Waals surface area contributed by atoms with E-state index in [0.717, 1.165) is 6.07 Å². The molecule has 1 aliphatic carbocycles. The van der Waals surface area contributed by atoms with Crippen LogP contribution in [0.5, 0.6) is 0 Å². The Balaban J connectivity index is 1.90. The van der Waals surface area contributed by atoms with E-state index in [9.17, 15) is 34.8 Å². The Hall–Kier alpha value is -2.53. The lowest BCUT2D eigenvalue weighted by Crippen LogP contribution is -2.44. The van der Waals surface area contributed by atoms with Crippen LogP contribution in [0.15, 0.2) is 48.7 Å². The fraction of sp³-hybridized carbons (Fsp3) is 0.440. The molecule has 4 rings (SSSR count). The number of hydrogen-bond donors (Lipinski definition) is 1. The van der Waals surface area contributed by atoms with Gasteiger partial charge >= 0.3 is 12.4 Å². The first-order valence-corrected chi connectivity index (χ1v) is 13.2. The quantitative estimate of drug-likeness (QED) is 0.323. The third-order valence-electron chi connectivity index (χ3n) is 6.89. The standard InChI is InChI=1S/C25H26F6N2O2S/c1-3-15(2)33-14-20(23(25(29,30)31)32-36(34,35)17-7-6-8-17)19-12-11-16(13-22(19)33)18-9-4-5-10-21(18)24(26,27)28/h4-5,9-15,17,23,32H,3,6-8H2,1-2H3/t15?,23-/m0/s1. The van der Waals surface area contributed by atoms with Gasteiger partial charge in [0.05, 0.1) is 10.8 Å². The smallest absolute Gasteiger partial charge is 0.344 e. The summed E-state index contributed by atoms with van der Waals surface area (Å²) in [5.74, 6) is 0. The van der Waals surface area contributed by atoms with Crippen molar-refractivity contribution in [2.24, 2.45) is 0 Å². The van der Waals surface area contributed by atoms with Crippen molar-refractivity contribution in [1.29, 1.82) is 0 Å². The molecule has 1 saturated carbocycles. The van der Waals surface area contributed by atoms with Crippen molar-refractivity contribution in [3.8, 4) is 11.1 Å². The first kappa shape index (κ1) is 26.5. The number of nitrogens with zero attached hydrogens (tertiary/aromatic N) is 1. The van der Waals surface area contributed by atoms with E-state index in [2.05, 4.69) is 0 Å². The summed E-state index contributed by atoms with van der Waals surface area (Å²) in [5, 5.41) is -0.738. The molecule has 2 atom stereocenters. The third kappa shape index (κ3) is 5.00. The van der Waals surface area contributed by atoms with Crippen LogP contribution < -0.4 is 4.72 Å². The molecular weight excluding hydrogens is 506 g/mol. The molecule has 1 aliphatic rings. The highest BCUT2D eigenvalue weighted by Crippen LogP contribution is 2.42. The summed E-state index contributed by atoms with van der Waals surface area (Å²) in [7, 11) is -4.22. The number of hydrogen-bond acceptors (Lipinski definition) is 2. The lowest BCUT2D eigenvalue weighted by atomic mass is 9.97. The van der Waals surface area contributed by atoms with Crippen molar-refractivity contribution in [2.75, 3.05) is 0 Å². The fourth-order valence-corrected chi connectivity index (χ4v) is 6.20. The number of halogens is 6. The number of aromatic nitrogens is 1. The Bertz CT molecular complexity index is 1360. The van der Waals surface area contributed by atoms with Crippen molar-refractivity contribution < 1.29 is 34.8 Å². The second-order valence-electron chi connectivity index (χ2n) is 9.21. The summed E-state index contributed by atoms with van der Waals surface area (Å²) < 4.78 is 112. The van der Waals surface area contributed by atoms with Crippen molar-refractivity contribution >= 4 is 20.9 Å². The van der Waals surface area contributed by atoms with Crippen LogP contribution in [0, 0.1) is 0 Å². The summed E-state index contributed by atoms with van der Waals surface area (Å²) in [6, 6.07) is 6.34. The maximum absolute atomic E-state index is 14.2.